The molecular weight excluding hydrogens is 116 g/mol. The van der Waals surface area contributed by atoms with Gasteiger partial charge in [-0.15, -0.1) is 0 Å². The summed E-state index contributed by atoms with van der Waals surface area (Å²) in [7, 11) is 0. The average molecular weight is 128 g/mol. The highest BCUT2D eigenvalue weighted by atomic mass is 16.3. The SMILES string of the molecule is NCC#CC(N)CCO. The lowest BCUT2D eigenvalue weighted by atomic mass is 10.2. The number of nitrogens with two attached hydrogens (primary N) is 2. The number of aliphatic hydroxyl groups is 1. The van der Waals surface area contributed by atoms with E-state index >= 15 is 0 Å². The molecule has 0 amide bonds. The summed E-state index contributed by atoms with van der Waals surface area (Å²) in [5.74, 6) is 5.30. The van der Waals surface area contributed by atoms with Gasteiger partial charge in [0.2, 0.25) is 0 Å². The maximum atomic E-state index is 8.36. The maximum absolute atomic E-state index is 8.36. The van der Waals surface area contributed by atoms with Gasteiger partial charge in [-0.25, -0.2) is 0 Å². The molecule has 0 rings (SSSR count). The summed E-state index contributed by atoms with van der Waals surface area (Å²) in [4.78, 5) is 0. The standard InChI is InChI=1S/C6H12N2O/c7-4-1-2-6(8)3-5-9/h6,9H,3-5,7-8H2. The molecule has 0 aromatic heterocycles. The normalized spacial score (nSPS) is 11.9. The molecule has 0 aromatic carbocycles. The van der Waals surface area contributed by atoms with E-state index in [1.54, 1.807) is 0 Å². The van der Waals surface area contributed by atoms with Gasteiger partial charge >= 0.3 is 0 Å². The number of rotatable bonds is 2. The van der Waals surface area contributed by atoms with Crippen molar-refractivity contribution in [2.75, 3.05) is 13.2 Å². The molecule has 3 nitrogen and oxygen atoms in total. The van der Waals surface area contributed by atoms with Gasteiger partial charge in [-0.2, -0.15) is 0 Å². The molecule has 0 aliphatic rings. The lowest BCUT2D eigenvalue weighted by molar-refractivity contribution is 0.284. The first-order chi connectivity index (χ1) is 4.31. The van der Waals surface area contributed by atoms with Crippen molar-refractivity contribution in [3.8, 4) is 11.8 Å². The van der Waals surface area contributed by atoms with Gasteiger partial charge in [-0.3, -0.25) is 0 Å². The second-order valence-electron chi connectivity index (χ2n) is 1.64. The Morgan fingerprint density at radius 3 is 2.67 bits per heavy atom. The van der Waals surface area contributed by atoms with Crippen LogP contribution in [0.2, 0.25) is 0 Å². The third kappa shape index (κ3) is 5.31. The molecule has 0 spiro atoms. The van der Waals surface area contributed by atoms with Crippen molar-refractivity contribution in [2.45, 2.75) is 12.5 Å². The van der Waals surface area contributed by atoms with Crippen molar-refractivity contribution in [3.05, 3.63) is 0 Å². The number of hydrogen-bond acceptors (Lipinski definition) is 3. The lowest BCUT2D eigenvalue weighted by Gasteiger charge is -1.97. The second kappa shape index (κ2) is 5.57. The zero-order valence-electron chi connectivity index (χ0n) is 5.30. The molecule has 0 aliphatic heterocycles. The molecule has 0 bridgehead atoms. The molecule has 1 unspecified atom stereocenters. The van der Waals surface area contributed by atoms with Crippen molar-refractivity contribution < 1.29 is 5.11 Å². The molecular formula is C6H12N2O. The van der Waals surface area contributed by atoms with E-state index in [1.807, 2.05) is 0 Å². The fourth-order valence-corrected chi connectivity index (χ4v) is 0.401. The number of hydrogen-bond donors (Lipinski definition) is 3. The van der Waals surface area contributed by atoms with Crippen LogP contribution in [0.5, 0.6) is 0 Å². The van der Waals surface area contributed by atoms with Crippen molar-refractivity contribution in [1.29, 1.82) is 0 Å². The molecule has 9 heavy (non-hydrogen) atoms. The first-order valence-electron chi connectivity index (χ1n) is 2.86. The first kappa shape index (κ1) is 8.44. The summed E-state index contributed by atoms with van der Waals surface area (Å²) in [6.45, 7) is 0.416. The smallest absolute Gasteiger partial charge is 0.0687 e. The van der Waals surface area contributed by atoms with Crippen LogP contribution < -0.4 is 11.5 Å². The maximum Gasteiger partial charge on any atom is 0.0687 e. The predicted molar refractivity (Wildman–Crippen MR) is 36.5 cm³/mol. The highest BCUT2D eigenvalue weighted by molar-refractivity contribution is 5.06. The Kier molecular flexibility index (Phi) is 5.23. The van der Waals surface area contributed by atoms with Crippen LogP contribution in [-0.2, 0) is 0 Å². The van der Waals surface area contributed by atoms with E-state index in [0.29, 0.717) is 13.0 Å². The van der Waals surface area contributed by atoms with Crippen molar-refractivity contribution >= 4 is 0 Å². The van der Waals surface area contributed by atoms with Gasteiger partial charge in [0.25, 0.3) is 0 Å². The van der Waals surface area contributed by atoms with Crippen LogP contribution in [0, 0.1) is 11.8 Å². The van der Waals surface area contributed by atoms with Crippen LogP contribution in [0.15, 0.2) is 0 Å². The van der Waals surface area contributed by atoms with E-state index in [-0.39, 0.29) is 12.6 Å². The van der Waals surface area contributed by atoms with E-state index in [1.165, 1.54) is 0 Å². The van der Waals surface area contributed by atoms with Crippen molar-refractivity contribution in [3.63, 3.8) is 0 Å². The Morgan fingerprint density at radius 2 is 2.22 bits per heavy atom. The second-order valence-corrected chi connectivity index (χ2v) is 1.64. The Bertz CT molecular complexity index is 114. The minimum Gasteiger partial charge on any atom is -0.396 e. The van der Waals surface area contributed by atoms with Crippen LogP contribution in [0.3, 0.4) is 0 Å². The van der Waals surface area contributed by atoms with Crippen molar-refractivity contribution in [1.82, 2.24) is 0 Å². The van der Waals surface area contributed by atoms with Crippen molar-refractivity contribution in [2.24, 2.45) is 11.5 Å². The Morgan fingerprint density at radius 1 is 1.56 bits per heavy atom. The quantitative estimate of drug-likeness (QED) is 0.403. The molecule has 5 N–H and O–H groups in total. The molecule has 3 heteroatoms. The average Bonchev–Trinajstić information content (AvgIpc) is 1.85. The highest BCUT2D eigenvalue weighted by Gasteiger charge is 1.92. The summed E-state index contributed by atoms with van der Waals surface area (Å²) < 4.78 is 0. The summed E-state index contributed by atoms with van der Waals surface area (Å²) in [6.07, 6.45) is 0.521. The Labute approximate surface area is 55.0 Å². The topological polar surface area (TPSA) is 72.3 Å². The molecule has 0 saturated carbocycles. The fourth-order valence-electron chi connectivity index (χ4n) is 0.401. The van der Waals surface area contributed by atoms with E-state index in [4.69, 9.17) is 16.6 Å². The Balaban J connectivity index is 3.36. The zero-order valence-corrected chi connectivity index (χ0v) is 5.30. The molecule has 0 aliphatic carbocycles. The summed E-state index contributed by atoms with van der Waals surface area (Å²) in [5, 5.41) is 8.36. The van der Waals surface area contributed by atoms with Crippen LogP contribution in [0.25, 0.3) is 0 Å². The molecule has 0 saturated heterocycles. The Hall–Kier alpha value is -0.560. The van der Waals surface area contributed by atoms with Crippen LogP contribution in [-0.4, -0.2) is 24.3 Å². The minimum atomic E-state index is -0.224. The molecule has 1 atom stereocenters. The highest BCUT2D eigenvalue weighted by Crippen LogP contribution is 1.81. The molecule has 52 valence electrons. The van der Waals surface area contributed by atoms with Gasteiger partial charge in [0.05, 0.1) is 12.6 Å². The van der Waals surface area contributed by atoms with Gasteiger partial charge in [0, 0.05) is 6.61 Å². The van der Waals surface area contributed by atoms with Crippen LogP contribution in [0.4, 0.5) is 0 Å². The molecule has 0 fully saturated rings. The number of aliphatic hydroxyl groups excluding tert-OH is 1. The third-order valence-corrected chi connectivity index (χ3v) is 0.830. The minimum absolute atomic E-state index is 0.0837. The monoisotopic (exact) mass is 128 g/mol. The van der Waals surface area contributed by atoms with Crippen LogP contribution >= 0.6 is 0 Å². The largest absolute Gasteiger partial charge is 0.396 e. The molecule has 0 radical (unpaired) electrons. The van der Waals surface area contributed by atoms with E-state index < -0.39 is 0 Å². The first-order valence-corrected chi connectivity index (χ1v) is 2.86. The zero-order chi connectivity index (χ0) is 7.11. The fraction of sp³-hybridized carbons (Fsp3) is 0.667. The van der Waals surface area contributed by atoms with E-state index in [0.717, 1.165) is 0 Å². The van der Waals surface area contributed by atoms with E-state index in [9.17, 15) is 0 Å². The third-order valence-electron chi connectivity index (χ3n) is 0.830. The van der Waals surface area contributed by atoms with Gasteiger partial charge < -0.3 is 16.6 Å². The lowest BCUT2D eigenvalue weighted by Crippen LogP contribution is -2.19. The van der Waals surface area contributed by atoms with Gasteiger partial charge in [-0.05, 0) is 6.42 Å². The summed E-state index contributed by atoms with van der Waals surface area (Å²) >= 11 is 0. The van der Waals surface area contributed by atoms with Gasteiger partial charge in [-0.1, -0.05) is 11.8 Å². The van der Waals surface area contributed by atoms with Crippen LogP contribution in [0.1, 0.15) is 6.42 Å². The summed E-state index contributed by atoms with van der Waals surface area (Å²) in [6, 6.07) is -0.224. The predicted octanol–water partition coefficient (Wildman–Crippen LogP) is -1.34. The molecule has 0 heterocycles. The van der Waals surface area contributed by atoms with Gasteiger partial charge in [0.1, 0.15) is 0 Å². The molecule has 0 aromatic rings. The van der Waals surface area contributed by atoms with E-state index in [2.05, 4.69) is 11.8 Å². The summed E-state index contributed by atoms with van der Waals surface area (Å²) in [5.41, 5.74) is 10.5. The van der Waals surface area contributed by atoms with Gasteiger partial charge in [0.15, 0.2) is 0 Å².